The summed E-state index contributed by atoms with van der Waals surface area (Å²) in [5.74, 6) is 0. The minimum atomic E-state index is -3.63. The molecule has 1 aromatic heterocycles. The molecule has 1 fully saturated rings. The molecule has 0 aliphatic carbocycles. The summed E-state index contributed by atoms with van der Waals surface area (Å²) < 4.78 is 29.7. The Kier molecular flexibility index (Phi) is 4.57. The minimum Gasteiger partial charge on any atom is -0.379 e. The maximum absolute atomic E-state index is 12.1. The molecule has 18 heavy (non-hydrogen) atoms. The van der Waals surface area contributed by atoms with Crippen molar-refractivity contribution in [3.63, 3.8) is 0 Å². The lowest BCUT2D eigenvalue weighted by atomic mass is 10.5. The number of hydrogen-bond donors (Lipinski definition) is 1. The molecule has 6 nitrogen and oxygen atoms in total. The van der Waals surface area contributed by atoms with E-state index in [9.17, 15) is 8.42 Å². The third-order valence-electron chi connectivity index (χ3n) is 2.34. The van der Waals surface area contributed by atoms with Crippen LogP contribution in [0.3, 0.4) is 0 Å². The van der Waals surface area contributed by atoms with Gasteiger partial charge in [-0.25, -0.2) is 18.4 Å². The molecule has 100 valence electrons. The second-order valence-electron chi connectivity index (χ2n) is 3.64. The standard InChI is InChI=1S/C9H11BrClN3O3S/c10-8-5-7(6-12-9(8)11)18(15,16)13-14-1-3-17-4-2-14/h5-6,13H,1-4H2. The summed E-state index contributed by atoms with van der Waals surface area (Å²) in [5, 5.41) is 1.82. The molecule has 0 aromatic carbocycles. The Morgan fingerprint density at radius 1 is 1.44 bits per heavy atom. The smallest absolute Gasteiger partial charge is 0.255 e. The SMILES string of the molecule is O=S(=O)(NN1CCOCC1)c1cnc(Cl)c(Br)c1. The van der Waals surface area contributed by atoms with Crippen molar-refractivity contribution in [3.8, 4) is 0 Å². The largest absolute Gasteiger partial charge is 0.379 e. The maximum Gasteiger partial charge on any atom is 0.255 e. The van der Waals surface area contributed by atoms with Crippen molar-refractivity contribution in [2.45, 2.75) is 4.90 Å². The van der Waals surface area contributed by atoms with Crippen LogP contribution in [-0.2, 0) is 14.8 Å². The van der Waals surface area contributed by atoms with Gasteiger partial charge in [-0.2, -0.15) is 0 Å². The number of hydrazine groups is 1. The second kappa shape index (κ2) is 5.81. The summed E-state index contributed by atoms with van der Waals surface area (Å²) in [6, 6.07) is 1.41. The summed E-state index contributed by atoms with van der Waals surface area (Å²) >= 11 is 8.87. The summed E-state index contributed by atoms with van der Waals surface area (Å²) in [7, 11) is -3.63. The monoisotopic (exact) mass is 355 g/mol. The molecule has 0 spiro atoms. The quantitative estimate of drug-likeness (QED) is 0.819. The Hall–Kier alpha value is -0.250. The molecule has 1 aromatic rings. The van der Waals surface area contributed by atoms with Crippen molar-refractivity contribution in [3.05, 3.63) is 21.9 Å². The third kappa shape index (κ3) is 3.40. The molecular weight excluding hydrogens is 346 g/mol. The molecule has 1 saturated heterocycles. The molecule has 0 saturated carbocycles. The molecule has 0 atom stereocenters. The number of hydrogen-bond acceptors (Lipinski definition) is 5. The van der Waals surface area contributed by atoms with E-state index in [0.29, 0.717) is 30.8 Å². The van der Waals surface area contributed by atoms with Crippen LogP contribution in [0.15, 0.2) is 21.6 Å². The van der Waals surface area contributed by atoms with Gasteiger partial charge in [-0.3, -0.25) is 0 Å². The third-order valence-corrected chi connectivity index (χ3v) is 4.82. The summed E-state index contributed by atoms with van der Waals surface area (Å²) in [6.45, 7) is 2.04. The van der Waals surface area contributed by atoms with Gasteiger partial charge in [0.1, 0.15) is 10.0 Å². The highest BCUT2D eigenvalue weighted by Crippen LogP contribution is 2.22. The number of pyridine rings is 1. The summed E-state index contributed by atoms with van der Waals surface area (Å²) in [6.07, 6.45) is 1.22. The molecule has 2 rings (SSSR count). The number of nitrogens with zero attached hydrogens (tertiary/aromatic N) is 2. The van der Waals surface area contributed by atoms with Crippen LogP contribution in [0.5, 0.6) is 0 Å². The van der Waals surface area contributed by atoms with E-state index in [1.165, 1.54) is 12.3 Å². The van der Waals surface area contributed by atoms with Crippen molar-refractivity contribution in [1.29, 1.82) is 0 Å². The van der Waals surface area contributed by atoms with E-state index in [1.54, 1.807) is 5.01 Å². The Morgan fingerprint density at radius 2 is 2.11 bits per heavy atom. The van der Waals surface area contributed by atoms with E-state index in [4.69, 9.17) is 16.3 Å². The lowest BCUT2D eigenvalue weighted by molar-refractivity contribution is 0.0272. The highest BCUT2D eigenvalue weighted by atomic mass is 79.9. The van der Waals surface area contributed by atoms with E-state index in [0.717, 1.165) is 0 Å². The van der Waals surface area contributed by atoms with E-state index in [-0.39, 0.29) is 10.0 Å². The van der Waals surface area contributed by atoms with Crippen LogP contribution >= 0.6 is 27.5 Å². The zero-order valence-corrected chi connectivity index (χ0v) is 12.4. The predicted octanol–water partition coefficient (Wildman–Crippen LogP) is 1.02. The van der Waals surface area contributed by atoms with Crippen molar-refractivity contribution < 1.29 is 13.2 Å². The fourth-order valence-corrected chi connectivity index (χ4v) is 3.12. The van der Waals surface area contributed by atoms with Gasteiger partial charge in [0.2, 0.25) is 0 Å². The molecule has 0 unspecified atom stereocenters. The highest BCUT2D eigenvalue weighted by molar-refractivity contribution is 9.10. The molecule has 0 bridgehead atoms. The van der Waals surface area contributed by atoms with E-state index < -0.39 is 10.0 Å². The molecule has 1 aliphatic rings. The van der Waals surface area contributed by atoms with Crippen molar-refractivity contribution in [1.82, 2.24) is 14.8 Å². The zero-order chi connectivity index (χ0) is 13.2. The number of morpholine rings is 1. The van der Waals surface area contributed by atoms with Crippen LogP contribution in [0.2, 0.25) is 5.15 Å². The number of ether oxygens (including phenoxy) is 1. The molecule has 2 heterocycles. The number of aromatic nitrogens is 1. The Morgan fingerprint density at radius 3 is 2.72 bits per heavy atom. The first-order valence-corrected chi connectivity index (χ1v) is 7.80. The van der Waals surface area contributed by atoms with Crippen molar-refractivity contribution in [2.75, 3.05) is 26.3 Å². The van der Waals surface area contributed by atoms with Crippen molar-refractivity contribution >= 4 is 37.6 Å². The van der Waals surface area contributed by atoms with Gasteiger partial charge >= 0.3 is 0 Å². The zero-order valence-electron chi connectivity index (χ0n) is 9.27. The number of sulfonamides is 1. The molecule has 0 amide bonds. The fourth-order valence-electron chi connectivity index (χ4n) is 1.43. The van der Waals surface area contributed by atoms with Crippen LogP contribution in [0.4, 0.5) is 0 Å². The summed E-state index contributed by atoms with van der Waals surface area (Å²) in [4.78, 5) is 6.33. The van der Waals surface area contributed by atoms with Gasteiger partial charge in [-0.05, 0) is 22.0 Å². The lowest BCUT2D eigenvalue weighted by Gasteiger charge is -2.26. The topological polar surface area (TPSA) is 71.5 Å². The first-order valence-electron chi connectivity index (χ1n) is 5.15. The van der Waals surface area contributed by atoms with E-state index >= 15 is 0 Å². The van der Waals surface area contributed by atoms with E-state index in [2.05, 4.69) is 25.7 Å². The van der Waals surface area contributed by atoms with Gasteiger partial charge in [-0.1, -0.05) is 11.6 Å². The Bertz CT molecular complexity index is 534. The van der Waals surface area contributed by atoms with Gasteiger partial charge in [-0.15, -0.1) is 4.83 Å². The predicted molar refractivity (Wildman–Crippen MR) is 69.7 cm³/mol. The van der Waals surface area contributed by atoms with Gasteiger partial charge < -0.3 is 4.74 Å². The van der Waals surface area contributed by atoms with Crippen LogP contribution in [0, 0.1) is 0 Å². The second-order valence-corrected chi connectivity index (χ2v) is 6.51. The average Bonchev–Trinajstić information content (AvgIpc) is 2.33. The van der Waals surface area contributed by atoms with Crippen LogP contribution in [0.1, 0.15) is 0 Å². The van der Waals surface area contributed by atoms with Crippen molar-refractivity contribution in [2.24, 2.45) is 0 Å². The van der Waals surface area contributed by atoms with Gasteiger partial charge in [0.15, 0.2) is 0 Å². The van der Waals surface area contributed by atoms with Crippen LogP contribution in [0.25, 0.3) is 0 Å². The minimum absolute atomic E-state index is 0.0604. The van der Waals surface area contributed by atoms with Gasteiger partial charge in [0, 0.05) is 19.3 Å². The van der Waals surface area contributed by atoms with Gasteiger partial charge in [0.25, 0.3) is 10.0 Å². The molecule has 1 N–H and O–H groups in total. The molecular formula is C9H11BrClN3O3S. The maximum atomic E-state index is 12.1. The lowest BCUT2D eigenvalue weighted by Crippen LogP contribution is -2.48. The fraction of sp³-hybridized carbons (Fsp3) is 0.444. The van der Waals surface area contributed by atoms with E-state index in [1.807, 2.05) is 0 Å². The molecule has 0 radical (unpaired) electrons. The number of halogens is 2. The van der Waals surface area contributed by atoms with Crippen LogP contribution < -0.4 is 4.83 Å². The molecule has 1 aliphatic heterocycles. The Labute approximate surface area is 118 Å². The van der Waals surface area contributed by atoms with Gasteiger partial charge in [0.05, 0.1) is 17.7 Å². The summed E-state index contributed by atoms with van der Waals surface area (Å²) in [5.41, 5.74) is 0. The Balaban J connectivity index is 2.16. The highest BCUT2D eigenvalue weighted by Gasteiger charge is 2.21. The van der Waals surface area contributed by atoms with Crippen LogP contribution in [-0.4, -0.2) is 44.7 Å². The number of nitrogens with one attached hydrogen (secondary N) is 1. The average molecular weight is 357 g/mol. The normalized spacial score (nSPS) is 17.9. The first kappa shape index (κ1) is 14.2. The number of rotatable bonds is 3. The molecule has 9 heteroatoms. The first-order chi connectivity index (χ1) is 8.49.